The van der Waals surface area contributed by atoms with Gasteiger partial charge >= 0.3 is 12.1 Å². The molecule has 4 bridgehead atoms. The Kier molecular flexibility index (Phi) is 11.3. The van der Waals surface area contributed by atoms with Crippen LogP contribution in [0.1, 0.15) is 115 Å². The molecule has 4 aliphatic rings. The molecule has 1 aromatic heterocycles. The van der Waals surface area contributed by atoms with Crippen molar-refractivity contribution in [3.05, 3.63) is 35.5 Å². The zero-order chi connectivity index (χ0) is 29.4. The van der Waals surface area contributed by atoms with Crippen molar-refractivity contribution in [2.75, 3.05) is 19.7 Å². The summed E-state index contributed by atoms with van der Waals surface area (Å²) in [7, 11) is 0. The van der Waals surface area contributed by atoms with Crippen LogP contribution in [0, 0.1) is 11.8 Å². The molecule has 5 atom stereocenters. The summed E-state index contributed by atoms with van der Waals surface area (Å²) in [4.78, 5) is 25.7. The maximum Gasteiger partial charge on any atom is 0.418 e. The number of para-hydroxylation sites is 1. The smallest absolute Gasteiger partial charge is 0.418 e. The van der Waals surface area contributed by atoms with E-state index in [2.05, 4.69) is 24.8 Å². The number of aliphatic hydroxyl groups is 1. The lowest BCUT2D eigenvalue weighted by Crippen LogP contribution is -2.64. The number of hydrogen-bond acceptors (Lipinski definition) is 5. The van der Waals surface area contributed by atoms with Gasteiger partial charge in [-0.2, -0.15) is 0 Å². The van der Waals surface area contributed by atoms with Crippen molar-refractivity contribution < 1.29 is 24.5 Å². The molecule has 4 heterocycles. The molecule has 3 fully saturated rings. The number of aliphatic carboxylic acids is 1. The molecule has 1 aromatic carbocycles. The largest absolute Gasteiger partial charge is 0.481 e. The first kappa shape index (κ1) is 31.6. The minimum atomic E-state index is -0.987. The third kappa shape index (κ3) is 6.99. The van der Waals surface area contributed by atoms with Gasteiger partial charge in [0, 0.05) is 30.9 Å². The standard InChI is InChI=1S/C22H28N2O3.C12H24O2/c1-3-15-11-14-12-22(26)19(15)23(13-14)10-9-17-16-7-5-6-8-18(16)24(20(17)22)21(25)27-4-2;1-2-3-4-5-6-7-8-9-10-11-12(13)14/h5-8,14-15,19,26H,3-4,9-13H2,1-2H3;2-11H2,1H3,(H,13,14)/t14-,15+,19+,22+;/m1./s1. The molecule has 41 heavy (non-hydrogen) atoms. The summed E-state index contributed by atoms with van der Waals surface area (Å²) in [5.41, 5.74) is 1.81. The third-order valence-electron chi connectivity index (χ3n) is 9.57. The molecule has 2 saturated heterocycles. The van der Waals surface area contributed by atoms with Gasteiger partial charge in [0.15, 0.2) is 0 Å². The number of hydrogen-bond donors (Lipinski definition) is 2. The number of nitrogens with zero attached hydrogens (tertiary/aromatic N) is 2. The van der Waals surface area contributed by atoms with E-state index in [1.54, 1.807) is 4.57 Å². The first-order valence-corrected chi connectivity index (χ1v) is 16.3. The van der Waals surface area contributed by atoms with Gasteiger partial charge in [0.2, 0.25) is 0 Å². The van der Waals surface area contributed by atoms with Crippen LogP contribution < -0.4 is 0 Å². The van der Waals surface area contributed by atoms with E-state index in [1.165, 1.54) is 51.4 Å². The number of unbranched alkanes of at least 4 members (excludes halogenated alkanes) is 8. The minimum Gasteiger partial charge on any atom is -0.481 e. The van der Waals surface area contributed by atoms with Gasteiger partial charge in [-0.05, 0) is 56.1 Å². The van der Waals surface area contributed by atoms with Crippen molar-refractivity contribution in [2.24, 2.45) is 11.8 Å². The highest BCUT2D eigenvalue weighted by molar-refractivity contribution is 5.94. The Bertz CT molecular complexity index is 1160. The van der Waals surface area contributed by atoms with Gasteiger partial charge in [-0.15, -0.1) is 0 Å². The van der Waals surface area contributed by atoms with Gasteiger partial charge in [0.05, 0.1) is 17.8 Å². The van der Waals surface area contributed by atoms with Crippen molar-refractivity contribution in [1.82, 2.24) is 9.47 Å². The Hall–Kier alpha value is -2.38. The van der Waals surface area contributed by atoms with Crippen LogP contribution in [-0.2, 0) is 21.6 Å². The molecule has 1 aliphatic carbocycles. The lowest BCUT2D eigenvalue weighted by molar-refractivity contribution is -0.162. The highest BCUT2D eigenvalue weighted by Gasteiger charge is 2.58. The van der Waals surface area contributed by atoms with E-state index in [9.17, 15) is 14.7 Å². The Morgan fingerprint density at radius 1 is 1.00 bits per heavy atom. The zero-order valence-corrected chi connectivity index (χ0v) is 25.6. The summed E-state index contributed by atoms with van der Waals surface area (Å²) in [5, 5.41) is 21.6. The number of carboxylic acid groups (broad SMARTS) is 1. The molecule has 2 aromatic rings. The second kappa shape index (κ2) is 14.7. The predicted molar refractivity (Wildman–Crippen MR) is 163 cm³/mol. The van der Waals surface area contributed by atoms with E-state index in [1.807, 2.05) is 25.1 Å². The van der Waals surface area contributed by atoms with E-state index >= 15 is 0 Å². The monoisotopic (exact) mass is 568 g/mol. The average Bonchev–Trinajstić information content (AvgIpc) is 3.26. The fourth-order valence-electron chi connectivity index (χ4n) is 7.87. The van der Waals surface area contributed by atoms with E-state index < -0.39 is 11.6 Å². The summed E-state index contributed by atoms with van der Waals surface area (Å²) in [6, 6.07) is 8.11. The molecule has 7 nitrogen and oxygen atoms in total. The van der Waals surface area contributed by atoms with Crippen molar-refractivity contribution in [2.45, 2.75) is 122 Å². The first-order valence-electron chi connectivity index (χ1n) is 16.3. The fraction of sp³-hybridized carbons (Fsp3) is 0.706. The fourth-order valence-corrected chi connectivity index (χ4v) is 7.87. The minimum absolute atomic E-state index is 0.0891. The molecule has 0 spiro atoms. The van der Waals surface area contributed by atoms with Crippen molar-refractivity contribution in [1.29, 1.82) is 0 Å². The van der Waals surface area contributed by atoms with Crippen LogP contribution in [0.4, 0.5) is 4.79 Å². The number of benzene rings is 1. The average molecular weight is 569 g/mol. The number of ether oxygens (including phenoxy) is 1. The molecule has 3 aliphatic heterocycles. The highest BCUT2D eigenvalue weighted by Crippen LogP contribution is 2.54. The second-order valence-electron chi connectivity index (χ2n) is 12.4. The molecule has 0 unspecified atom stereocenters. The van der Waals surface area contributed by atoms with Crippen molar-refractivity contribution in [3.63, 3.8) is 0 Å². The highest BCUT2D eigenvalue weighted by atomic mass is 16.5. The summed E-state index contributed by atoms with van der Waals surface area (Å²) < 4.78 is 7.10. The Morgan fingerprint density at radius 3 is 2.34 bits per heavy atom. The Balaban J connectivity index is 0.000000237. The van der Waals surface area contributed by atoms with E-state index in [4.69, 9.17) is 9.84 Å². The number of carbonyl (C=O) groups is 2. The van der Waals surface area contributed by atoms with Gasteiger partial charge in [-0.25, -0.2) is 9.36 Å². The summed E-state index contributed by atoms with van der Waals surface area (Å²) in [6.07, 6.45) is 15.0. The van der Waals surface area contributed by atoms with Gasteiger partial charge in [-0.3, -0.25) is 9.69 Å². The predicted octanol–water partition coefficient (Wildman–Crippen LogP) is 7.50. The Labute approximate surface area is 246 Å². The normalized spacial score (nSPS) is 26.1. The van der Waals surface area contributed by atoms with Crippen molar-refractivity contribution >= 4 is 23.0 Å². The van der Waals surface area contributed by atoms with Crippen LogP contribution in [0.2, 0.25) is 0 Å². The molecule has 2 N–H and O–H groups in total. The molecular weight excluding hydrogens is 516 g/mol. The molecule has 228 valence electrons. The number of fused-ring (bicyclic) bond motifs is 4. The molecule has 6 rings (SSSR count). The summed E-state index contributed by atoms with van der Waals surface area (Å²) in [6.45, 7) is 8.63. The Morgan fingerprint density at radius 2 is 1.68 bits per heavy atom. The van der Waals surface area contributed by atoms with Crippen LogP contribution >= 0.6 is 0 Å². The molecular formula is C34H52N2O5. The number of carbonyl (C=O) groups excluding carboxylic acids is 1. The summed E-state index contributed by atoms with van der Waals surface area (Å²) >= 11 is 0. The molecule has 0 amide bonds. The van der Waals surface area contributed by atoms with Crippen molar-refractivity contribution in [3.8, 4) is 0 Å². The van der Waals surface area contributed by atoms with Crippen LogP contribution in [0.15, 0.2) is 24.3 Å². The van der Waals surface area contributed by atoms with Crippen LogP contribution in [0.3, 0.4) is 0 Å². The number of aromatic nitrogens is 1. The lowest BCUT2D eigenvalue weighted by Gasteiger charge is -2.57. The first-order chi connectivity index (χ1) is 19.8. The molecule has 7 heteroatoms. The van der Waals surface area contributed by atoms with Crippen LogP contribution in [0.25, 0.3) is 10.9 Å². The van der Waals surface area contributed by atoms with E-state index in [-0.39, 0.29) is 12.1 Å². The van der Waals surface area contributed by atoms with Gasteiger partial charge in [0.25, 0.3) is 0 Å². The maximum atomic E-state index is 13.0. The summed E-state index contributed by atoms with van der Waals surface area (Å²) in [5.74, 6) is 0.305. The van der Waals surface area contributed by atoms with Crippen LogP contribution in [-0.4, -0.2) is 57.5 Å². The van der Waals surface area contributed by atoms with E-state index in [0.717, 1.165) is 67.4 Å². The lowest BCUT2D eigenvalue weighted by atomic mass is 9.62. The number of piperidine rings is 2. The van der Waals surface area contributed by atoms with Gasteiger partial charge in [-0.1, -0.05) is 89.8 Å². The number of rotatable bonds is 12. The number of carboxylic acids is 1. The van der Waals surface area contributed by atoms with E-state index in [0.29, 0.717) is 24.9 Å². The third-order valence-corrected chi connectivity index (χ3v) is 9.57. The molecule has 0 radical (unpaired) electrons. The second-order valence-corrected chi connectivity index (χ2v) is 12.4. The quantitative estimate of drug-likeness (QED) is 0.258. The van der Waals surface area contributed by atoms with Crippen LogP contribution in [0.5, 0.6) is 0 Å². The maximum absolute atomic E-state index is 13.0. The zero-order valence-electron chi connectivity index (χ0n) is 25.6. The SMILES string of the molecule is CCCCCCCCCCCC(=O)O.CCOC(=O)n1c2c(c3ccccc31)CC[N@@]1C[C@@H]3C[C@H](CC)[C@H]1[C@@]2(O)C3. The molecule has 1 saturated carbocycles. The van der Waals surface area contributed by atoms with Gasteiger partial charge < -0.3 is 14.9 Å². The van der Waals surface area contributed by atoms with Gasteiger partial charge in [0.1, 0.15) is 5.60 Å². The topological polar surface area (TPSA) is 92.0 Å².